The van der Waals surface area contributed by atoms with Gasteiger partial charge in [0.1, 0.15) is 0 Å². The molecule has 0 aliphatic heterocycles. The van der Waals surface area contributed by atoms with E-state index in [9.17, 15) is 21.0 Å². The minimum absolute atomic E-state index is 0. The van der Waals surface area contributed by atoms with E-state index in [0.717, 1.165) is 125 Å². The van der Waals surface area contributed by atoms with Crippen LogP contribution < -0.4 is 0 Å². The van der Waals surface area contributed by atoms with Crippen molar-refractivity contribution in [3.8, 4) is 24.3 Å². The van der Waals surface area contributed by atoms with Crippen LogP contribution in [-0.2, 0) is 40.6 Å². The van der Waals surface area contributed by atoms with Crippen LogP contribution in [0.25, 0.3) is 0 Å². The summed E-state index contributed by atoms with van der Waals surface area (Å²) in [5.41, 5.74) is 1.81. The number of ether oxygens (including phenoxy) is 4. The lowest BCUT2D eigenvalue weighted by Crippen LogP contribution is -2.34. The van der Waals surface area contributed by atoms with Crippen LogP contribution in [0.4, 0.5) is 0 Å². The Labute approximate surface area is 473 Å². The molecule has 0 bridgehead atoms. The third-order valence-corrected chi connectivity index (χ3v) is 17.9. The first-order valence-corrected chi connectivity index (χ1v) is 27.1. The standard InChI is InChI=1S/4C14H15Cl2NO.CH4/c4*1-18-11-3-2-6-14(8-11,9-17)10-4-5-12(15)13(16)7-10;/h4*4-5,7,11H,2-3,6,8H2,1H3;1H4/t4*11-,14+;/m1100./s1. The van der Waals surface area contributed by atoms with Crippen LogP contribution in [-0.4, -0.2) is 52.9 Å². The average molecular weight is 1150 g/mol. The Kier molecular flexibility index (Phi) is 24.8. The molecule has 8 atom stereocenters. The van der Waals surface area contributed by atoms with E-state index in [1.807, 2.05) is 48.5 Å². The van der Waals surface area contributed by atoms with Crippen LogP contribution in [0.3, 0.4) is 0 Å². The topological polar surface area (TPSA) is 132 Å². The van der Waals surface area contributed by atoms with Crippen molar-refractivity contribution in [3.63, 3.8) is 0 Å². The summed E-state index contributed by atoms with van der Waals surface area (Å²) in [5, 5.41) is 42.4. The lowest BCUT2D eigenvalue weighted by atomic mass is 9.69. The number of halogens is 8. The summed E-state index contributed by atoms with van der Waals surface area (Å²) >= 11 is 47.9. The fraction of sp³-hybridized carbons (Fsp3) is 0.509. The molecule has 4 aliphatic carbocycles. The first-order chi connectivity index (χ1) is 34.4. The normalized spacial score (nSPS) is 27.4. The molecular formula is C57H64Cl8N4O4. The van der Waals surface area contributed by atoms with Crippen molar-refractivity contribution in [2.24, 2.45) is 0 Å². The van der Waals surface area contributed by atoms with Crippen LogP contribution in [0, 0.1) is 45.3 Å². The van der Waals surface area contributed by atoms with Crippen molar-refractivity contribution in [2.45, 2.75) is 156 Å². The van der Waals surface area contributed by atoms with Crippen LogP contribution >= 0.6 is 92.8 Å². The fourth-order valence-corrected chi connectivity index (χ4v) is 11.8. The van der Waals surface area contributed by atoms with Crippen molar-refractivity contribution in [3.05, 3.63) is 135 Å². The Morgan fingerprint density at radius 2 is 0.548 bits per heavy atom. The number of nitrogens with zero attached hydrogens (tertiary/aromatic N) is 4. The monoisotopic (exact) mass is 1150 g/mol. The predicted molar refractivity (Wildman–Crippen MR) is 299 cm³/mol. The third kappa shape index (κ3) is 15.6. The third-order valence-electron chi connectivity index (χ3n) is 14.9. The zero-order valence-electron chi connectivity index (χ0n) is 41.0. The maximum atomic E-state index is 9.59. The second kappa shape index (κ2) is 28.9. The van der Waals surface area contributed by atoms with Gasteiger partial charge in [-0.2, -0.15) is 21.0 Å². The molecule has 0 amide bonds. The molecule has 8 nitrogen and oxygen atoms in total. The van der Waals surface area contributed by atoms with E-state index in [2.05, 4.69) is 24.3 Å². The molecule has 392 valence electrons. The first kappa shape index (κ1) is 62.5. The molecule has 4 aromatic carbocycles. The van der Waals surface area contributed by atoms with Crippen LogP contribution in [0.5, 0.6) is 0 Å². The lowest BCUT2D eigenvalue weighted by Gasteiger charge is -2.35. The van der Waals surface area contributed by atoms with Gasteiger partial charge < -0.3 is 18.9 Å². The van der Waals surface area contributed by atoms with Gasteiger partial charge in [-0.15, -0.1) is 0 Å². The van der Waals surface area contributed by atoms with E-state index in [-0.39, 0.29) is 31.8 Å². The number of hydrogen-bond donors (Lipinski definition) is 0. The summed E-state index contributed by atoms with van der Waals surface area (Å²) in [4.78, 5) is 0. The van der Waals surface area contributed by atoms with E-state index in [4.69, 9.17) is 112 Å². The Balaban J connectivity index is 0.000000210. The quantitative estimate of drug-likeness (QED) is 0.170. The predicted octanol–water partition coefficient (Wildman–Crippen LogP) is 18.0. The second-order valence-corrected chi connectivity index (χ2v) is 22.4. The highest BCUT2D eigenvalue weighted by molar-refractivity contribution is 6.43. The zero-order chi connectivity index (χ0) is 52.7. The van der Waals surface area contributed by atoms with Gasteiger partial charge in [-0.05, 0) is 174 Å². The number of benzene rings is 4. The van der Waals surface area contributed by atoms with Gasteiger partial charge >= 0.3 is 0 Å². The number of hydrogen-bond acceptors (Lipinski definition) is 8. The smallest absolute Gasteiger partial charge is 0.0847 e. The van der Waals surface area contributed by atoms with E-state index < -0.39 is 21.7 Å². The van der Waals surface area contributed by atoms with Crippen molar-refractivity contribution in [1.29, 1.82) is 21.0 Å². The molecule has 0 unspecified atom stereocenters. The van der Waals surface area contributed by atoms with E-state index in [1.54, 1.807) is 52.7 Å². The van der Waals surface area contributed by atoms with E-state index in [0.29, 0.717) is 40.2 Å². The molecule has 4 aliphatic rings. The second-order valence-electron chi connectivity index (χ2n) is 19.1. The molecule has 0 heterocycles. The van der Waals surface area contributed by atoms with Gasteiger partial charge in [0.25, 0.3) is 0 Å². The van der Waals surface area contributed by atoms with Gasteiger partial charge in [-0.1, -0.05) is 124 Å². The molecule has 4 saturated carbocycles. The number of nitriles is 4. The van der Waals surface area contributed by atoms with Gasteiger partial charge in [0.05, 0.1) is 111 Å². The molecule has 0 radical (unpaired) electrons. The molecule has 0 N–H and O–H groups in total. The summed E-state index contributed by atoms with van der Waals surface area (Å²) < 4.78 is 21.7. The highest BCUT2D eigenvalue weighted by atomic mass is 35.5. The van der Waals surface area contributed by atoms with Crippen LogP contribution in [0.15, 0.2) is 72.8 Å². The highest BCUT2D eigenvalue weighted by Gasteiger charge is 2.42. The highest BCUT2D eigenvalue weighted by Crippen LogP contribution is 2.45. The maximum Gasteiger partial charge on any atom is 0.0847 e. The van der Waals surface area contributed by atoms with Crippen molar-refractivity contribution < 1.29 is 18.9 Å². The van der Waals surface area contributed by atoms with Gasteiger partial charge in [0.2, 0.25) is 0 Å². The largest absolute Gasteiger partial charge is 0.381 e. The van der Waals surface area contributed by atoms with E-state index >= 15 is 0 Å². The molecule has 73 heavy (non-hydrogen) atoms. The van der Waals surface area contributed by atoms with Gasteiger partial charge in [-0.25, -0.2) is 0 Å². The van der Waals surface area contributed by atoms with Crippen molar-refractivity contribution in [1.82, 2.24) is 0 Å². The summed E-state index contributed by atoms with van der Waals surface area (Å²) in [7, 11) is 6.81. The van der Waals surface area contributed by atoms with Crippen LogP contribution in [0.2, 0.25) is 40.2 Å². The van der Waals surface area contributed by atoms with Gasteiger partial charge in [0, 0.05) is 28.4 Å². The summed E-state index contributed by atoms with van der Waals surface area (Å²) in [6, 6.07) is 31.7. The Morgan fingerprint density at radius 3 is 0.699 bits per heavy atom. The fourth-order valence-electron chi connectivity index (χ4n) is 10.6. The number of rotatable bonds is 8. The van der Waals surface area contributed by atoms with Crippen molar-refractivity contribution in [2.75, 3.05) is 28.4 Å². The molecule has 8 rings (SSSR count). The summed E-state index contributed by atoms with van der Waals surface area (Å²) in [5.74, 6) is 0. The minimum atomic E-state index is -0.493. The molecule has 0 saturated heterocycles. The van der Waals surface area contributed by atoms with Gasteiger partial charge in [-0.3, -0.25) is 0 Å². The average Bonchev–Trinajstić information content (AvgIpc) is 3.42. The molecule has 4 aromatic rings. The SMILES string of the molecule is C.CO[C@@H]1CCC[C@](C#N)(c2ccc(Cl)c(Cl)c2)C1.CO[C@@H]1CCC[C@](C#N)(c2ccc(Cl)c(Cl)c2)C1.CO[C@H]1CCC[C@@](C#N)(c2ccc(Cl)c(Cl)c2)C1.CO[C@H]1CCC[C@@](C#N)(c2ccc(Cl)c(Cl)c2)C1. The van der Waals surface area contributed by atoms with Gasteiger partial charge in [0.15, 0.2) is 0 Å². The number of methoxy groups -OCH3 is 4. The molecular weight excluding hydrogens is 1090 g/mol. The summed E-state index contributed by atoms with van der Waals surface area (Å²) in [6.07, 6.45) is 14.9. The Bertz CT molecular complexity index is 2290. The molecule has 16 heteroatoms. The van der Waals surface area contributed by atoms with Crippen molar-refractivity contribution >= 4 is 92.8 Å². The lowest BCUT2D eigenvalue weighted by molar-refractivity contribution is 0.0513. The summed E-state index contributed by atoms with van der Waals surface area (Å²) in [6.45, 7) is 0. The molecule has 0 spiro atoms. The minimum Gasteiger partial charge on any atom is -0.381 e. The Morgan fingerprint density at radius 1 is 0.356 bits per heavy atom. The van der Waals surface area contributed by atoms with Crippen LogP contribution in [0.1, 0.15) is 132 Å². The van der Waals surface area contributed by atoms with E-state index in [1.165, 1.54) is 0 Å². The zero-order valence-corrected chi connectivity index (χ0v) is 47.0. The molecule has 4 fully saturated rings. The maximum absolute atomic E-state index is 9.59. The molecule has 0 aromatic heterocycles. The Hall–Kier alpha value is -3.00. The first-order valence-electron chi connectivity index (χ1n) is 24.0.